The van der Waals surface area contributed by atoms with Crippen molar-refractivity contribution < 1.29 is 8.42 Å². The molecule has 25 heavy (non-hydrogen) atoms. The van der Waals surface area contributed by atoms with E-state index in [9.17, 15) is 8.42 Å². The summed E-state index contributed by atoms with van der Waals surface area (Å²) in [6.45, 7) is 2.54. The number of nitrogens with one attached hydrogen (secondary N) is 1. The van der Waals surface area contributed by atoms with Gasteiger partial charge in [-0.05, 0) is 48.7 Å². The molecular formula is C19H19BrN2O2S. The number of hydrogen-bond acceptors (Lipinski definition) is 2. The number of nitrogens with zero attached hydrogens (tertiary/aromatic N) is 1. The molecule has 0 saturated heterocycles. The second-order valence-corrected chi connectivity index (χ2v) is 9.11. The number of rotatable bonds is 3. The van der Waals surface area contributed by atoms with Gasteiger partial charge >= 0.3 is 0 Å². The van der Waals surface area contributed by atoms with Crippen molar-refractivity contribution in [3.8, 4) is 0 Å². The summed E-state index contributed by atoms with van der Waals surface area (Å²) in [4.78, 5) is 3.81. The van der Waals surface area contributed by atoms with Crippen LogP contribution >= 0.6 is 15.9 Å². The first-order valence-corrected chi connectivity index (χ1v) is 10.6. The first-order valence-electron chi connectivity index (χ1n) is 8.39. The van der Waals surface area contributed by atoms with Crippen molar-refractivity contribution >= 4 is 36.9 Å². The van der Waals surface area contributed by atoms with Crippen LogP contribution in [0.25, 0.3) is 10.9 Å². The number of sulfonamides is 1. The van der Waals surface area contributed by atoms with Gasteiger partial charge in [0.25, 0.3) is 0 Å². The van der Waals surface area contributed by atoms with Crippen LogP contribution in [-0.2, 0) is 16.4 Å². The Balaban J connectivity index is 1.80. The second kappa shape index (κ2) is 6.27. The summed E-state index contributed by atoms with van der Waals surface area (Å²) in [5.41, 5.74) is 3.37. The number of halogens is 1. The zero-order valence-corrected chi connectivity index (χ0v) is 16.3. The summed E-state index contributed by atoms with van der Waals surface area (Å²) in [5.74, 6) is 0. The third-order valence-corrected chi connectivity index (χ3v) is 7.37. The predicted molar refractivity (Wildman–Crippen MR) is 103 cm³/mol. The fourth-order valence-corrected chi connectivity index (χ4v) is 5.67. The highest BCUT2D eigenvalue weighted by Gasteiger charge is 2.37. The Morgan fingerprint density at radius 1 is 1.16 bits per heavy atom. The largest absolute Gasteiger partial charge is 0.357 e. The SMILES string of the molecule is CCC1c2[nH]c3ccccc3c2CCN1S(=O)(=O)c1ccc(Br)cc1. The average molecular weight is 419 g/mol. The maximum Gasteiger partial charge on any atom is 0.243 e. The van der Waals surface area contributed by atoms with Gasteiger partial charge in [-0.2, -0.15) is 4.31 Å². The molecule has 0 aliphatic carbocycles. The van der Waals surface area contributed by atoms with E-state index in [2.05, 4.69) is 27.0 Å². The van der Waals surface area contributed by atoms with Gasteiger partial charge in [-0.15, -0.1) is 0 Å². The lowest BCUT2D eigenvalue weighted by molar-refractivity contribution is 0.297. The number of para-hydroxylation sites is 1. The van der Waals surface area contributed by atoms with Crippen LogP contribution in [0, 0.1) is 0 Å². The summed E-state index contributed by atoms with van der Waals surface area (Å²) in [6, 6.07) is 14.9. The van der Waals surface area contributed by atoms with Gasteiger partial charge in [0.05, 0.1) is 10.9 Å². The lowest BCUT2D eigenvalue weighted by Crippen LogP contribution is -2.39. The van der Waals surface area contributed by atoms with Crippen LogP contribution in [0.5, 0.6) is 0 Å². The van der Waals surface area contributed by atoms with Crippen molar-refractivity contribution in [3.63, 3.8) is 0 Å². The van der Waals surface area contributed by atoms with Crippen LogP contribution in [0.3, 0.4) is 0 Å². The molecule has 4 nitrogen and oxygen atoms in total. The minimum Gasteiger partial charge on any atom is -0.357 e. The average Bonchev–Trinajstić information content (AvgIpc) is 3.00. The van der Waals surface area contributed by atoms with E-state index in [1.807, 2.05) is 25.1 Å². The molecule has 6 heteroatoms. The Kier molecular flexibility index (Phi) is 4.22. The van der Waals surface area contributed by atoms with Crippen molar-refractivity contribution in [3.05, 3.63) is 64.3 Å². The third-order valence-electron chi connectivity index (χ3n) is 4.92. The molecule has 1 aliphatic rings. The number of benzene rings is 2. The molecule has 0 fully saturated rings. The van der Waals surface area contributed by atoms with Crippen LogP contribution in [0.1, 0.15) is 30.6 Å². The van der Waals surface area contributed by atoms with Gasteiger partial charge < -0.3 is 4.98 Å². The van der Waals surface area contributed by atoms with Crippen LogP contribution in [0.15, 0.2) is 57.9 Å². The number of aromatic amines is 1. The van der Waals surface area contributed by atoms with E-state index in [-0.39, 0.29) is 6.04 Å². The summed E-state index contributed by atoms with van der Waals surface area (Å²) >= 11 is 3.36. The molecule has 0 amide bonds. The van der Waals surface area contributed by atoms with E-state index in [0.29, 0.717) is 11.4 Å². The smallest absolute Gasteiger partial charge is 0.243 e. The first-order chi connectivity index (χ1) is 12.0. The second-order valence-electron chi connectivity index (χ2n) is 6.31. The monoisotopic (exact) mass is 418 g/mol. The molecule has 1 unspecified atom stereocenters. The molecule has 1 N–H and O–H groups in total. The molecule has 1 aliphatic heterocycles. The number of aromatic nitrogens is 1. The van der Waals surface area contributed by atoms with E-state index >= 15 is 0 Å². The van der Waals surface area contributed by atoms with Crippen molar-refractivity contribution in [2.24, 2.45) is 0 Å². The number of hydrogen-bond donors (Lipinski definition) is 1. The maximum atomic E-state index is 13.2. The highest BCUT2D eigenvalue weighted by molar-refractivity contribution is 9.10. The maximum absolute atomic E-state index is 13.2. The first kappa shape index (κ1) is 16.8. The Bertz CT molecular complexity index is 1030. The molecule has 0 radical (unpaired) electrons. The van der Waals surface area contributed by atoms with Crippen LogP contribution < -0.4 is 0 Å². The van der Waals surface area contributed by atoms with Crippen LogP contribution in [-0.4, -0.2) is 24.3 Å². The van der Waals surface area contributed by atoms with E-state index < -0.39 is 10.0 Å². The molecule has 1 aromatic heterocycles. The zero-order chi connectivity index (χ0) is 17.6. The minimum absolute atomic E-state index is 0.162. The third kappa shape index (κ3) is 2.72. The molecule has 3 aromatic rings. The van der Waals surface area contributed by atoms with Crippen LogP contribution in [0.4, 0.5) is 0 Å². The topological polar surface area (TPSA) is 53.2 Å². The van der Waals surface area contributed by atoms with E-state index in [1.165, 1.54) is 10.9 Å². The summed E-state index contributed by atoms with van der Waals surface area (Å²) in [5, 5.41) is 1.21. The molecule has 0 spiro atoms. The molecule has 130 valence electrons. The highest BCUT2D eigenvalue weighted by Crippen LogP contribution is 2.39. The predicted octanol–water partition coefficient (Wildman–Crippen LogP) is 4.63. The molecule has 2 aromatic carbocycles. The zero-order valence-electron chi connectivity index (χ0n) is 13.9. The lowest BCUT2D eigenvalue weighted by Gasteiger charge is -2.34. The van der Waals surface area contributed by atoms with Crippen molar-refractivity contribution in [2.45, 2.75) is 30.7 Å². The van der Waals surface area contributed by atoms with Crippen molar-refractivity contribution in [2.75, 3.05) is 6.54 Å². The van der Waals surface area contributed by atoms with E-state index in [1.54, 1.807) is 28.6 Å². The molecule has 2 heterocycles. The van der Waals surface area contributed by atoms with E-state index in [4.69, 9.17) is 0 Å². The van der Waals surface area contributed by atoms with Gasteiger partial charge in [0.15, 0.2) is 0 Å². The molecular weight excluding hydrogens is 400 g/mol. The molecule has 4 rings (SSSR count). The Hall–Kier alpha value is -1.63. The van der Waals surface area contributed by atoms with Gasteiger partial charge in [0.2, 0.25) is 10.0 Å². The summed E-state index contributed by atoms with van der Waals surface area (Å²) < 4.78 is 28.9. The Labute approximate surface area is 156 Å². The Morgan fingerprint density at radius 2 is 1.88 bits per heavy atom. The summed E-state index contributed by atoms with van der Waals surface area (Å²) in [7, 11) is -3.53. The van der Waals surface area contributed by atoms with Crippen LogP contribution in [0.2, 0.25) is 0 Å². The normalized spacial score (nSPS) is 18.4. The van der Waals surface area contributed by atoms with Crippen molar-refractivity contribution in [1.29, 1.82) is 0 Å². The van der Waals surface area contributed by atoms with Gasteiger partial charge in [-0.1, -0.05) is 41.1 Å². The van der Waals surface area contributed by atoms with Gasteiger partial charge in [0, 0.05) is 27.6 Å². The van der Waals surface area contributed by atoms with Gasteiger partial charge in [0.1, 0.15) is 0 Å². The number of H-pyrrole nitrogens is 1. The minimum atomic E-state index is -3.53. The lowest BCUT2D eigenvalue weighted by atomic mass is 9.98. The summed E-state index contributed by atoms with van der Waals surface area (Å²) in [6.07, 6.45) is 1.46. The van der Waals surface area contributed by atoms with Gasteiger partial charge in [-0.3, -0.25) is 0 Å². The molecule has 1 atom stereocenters. The number of fused-ring (bicyclic) bond motifs is 3. The highest BCUT2D eigenvalue weighted by atomic mass is 79.9. The Morgan fingerprint density at radius 3 is 2.60 bits per heavy atom. The fourth-order valence-electron chi connectivity index (χ4n) is 3.73. The molecule has 0 bridgehead atoms. The fraction of sp³-hybridized carbons (Fsp3) is 0.263. The standard InChI is InChI=1S/C19H19BrN2O2S/c1-2-18-19-16(15-5-3-4-6-17(15)21-19)11-12-22(18)25(23,24)14-9-7-13(20)8-10-14/h3-10,18,21H,2,11-12H2,1H3. The van der Waals surface area contributed by atoms with E-state index in [0.717, 1.165) is 28.5 Å². The van der Waals surface area contributed by atoms with Crippen molar-refractivity contribution in [1.82, 2.24) is 9.29 Å². The van der Waals surface area contributed by atoms with Gasteiger partial charge in [-0.25, -0.2) is 8.42 Å². The quantitative estimate of drug-likeness (QED) is 0.673. The molecule has 0 saturated carbocycles.